The van der Waals surface area contributed by atoms with Crippen LogP contribution in [0.5, 0.6) is 0 Å². The molecule has 0 saturated heterocycles. The van der Waals surface area contributed by atoms with Crippen LogP contribution in [0.2, 0.25) is 0 Å². The van der Waals surface area contributed by atoms with E-state index in [1.165, 1.54) is 6.07 Å². The van der Waals surface area contributed by atoms with Gasteiger partial charge in [0.15, 0.2) is 0 Å². The van der Waals surface area contributed by atoms with Crippen molar-refractivity contribution in [1.82, 2.24) is 4.98 Å². The van der Waals surface area contributed by atoms with E-state index in [1.807, 2.05) is 20.8 Å². The Hall–Kier alpha value is -1.84. The second-order valence-corrected chi connectivity index (χ2v) is 6.04. The van der Waals surface area contributed by atoms with E-state index in [2.05, 4.69) is 4.98 Å². The van der Waals surface area contributed by atoms with Gasteiger partial charge in [-0.15, -0.1) is 0 Å². The van der Waals surface area contributed by atoms with Gasteiger partial charge in [0, 0.05) is 12.3 Å². The SMILES string of the molecule is CC(C)(C)OC(=O)C(C)(C)/C=C/c1cc[nH]c(=O)c1. The topological polar surface area (TPSA) is 59.2 Å². The third-order valence-corrected chi connectivity index (χ3v) is 2.42. The van der Waals surface area contributed by atoms with Crippen molar-refractivity contribution in [3.63, 3.8) is 0 Å². The second-order valence-electron chi connectivity index (χ2n) is 6.04. The number of rotatable bonds is 3. The standard InChI is InChI=1S/C15H21NO3/c1-14(2,3)19-13(18)15(4,5)8-6-11-7-9-16-12(17)10-11/h6-10H,1-5H3,(H,16,17)/b8-6+. The fraction of sp³-hybridized carbons (Fsp3) is 0.467. The Morgan fingerprint density at radius 1 is 1.26 bits per heavy atom. The quantitative estimate of drug-likeness (QED) is 0.853. The van der Waals surface area contributed by atoms with E-state index in [1.54, 1.807) is 38.3 Å². The Kier molecular flexibility index (Phi) is 4.35. The van der Waals surface area contributed by atoms with Crippen LogP contribution in [0.1, 0.15) is 40.2 Å². The lowest BCUT2D eigenvalue weighted by Crippen LogP contribution is -2.32. The number of hydrogen-bond donors (Lipinski definition) is 1. The first kappa shape index (κ1) is 15.2. The van der Waals surface area contributed by atoms with Gasteiger partial charge in [-0.1, -0.05) is 12.2 Å². The minimum Gasteiger partial charge on any atom is -0.459 e. The Bertz CT molecular complexity index is 533. The maximum absolute atomic E-state index is 12.0. The summed E-state index contributed by atoms with van der Waals surface area (Å²) in [5.74, 6) is -0.291. The predicted molar refractivity (Wildman–Crippen MR) is 75.7 cm³/mol. The molecule has 1 N–H and O–H groups in total. The fourth-order valence-electron chi connectivity index (χ4n) is 1.35. The number of carbonyl (C=O) groups is 1. The molecule has 0 amide bonds. The molecule has 0 aromatic carbocycles. The van der Waals surface area contributed by atoms with E-state index in [0.29, 0.717) is 0 Å². The number of esters is 1. The zero-order valence-electron chi connectivity index (χ0n) is 12.1. The molecule has 0 spiro atoms. The summed E-state index contributed by atoms with van der Waals surface area (Å²) in [6.45, 7) is 9.07. The van der Waals surface area contributed by atoms with Crippen LogP contribution in [-0.2, 0) is 9.53 Å². The van der Waals surface area contributed by atoms with Crippen LogP contribution in [0.4, 0.5) is 0 Å². The van der Waals surface area contributed by atoms with Crippen molar-refractivity contribution >= 4 is 12.0 Å². The largest absolute Gasteiger partial charge is 0.459 e. The highest BCUT2D eigenvalue weighted by Gasteiger charge is 2.29. The Labute approximate surface area is 113 Å². The van der Waals surface area contributed by atoms with E-state index >= 15 is 0 Å². The van der Waals surface area contributed by atoms with Crippen molar-refractivity contribution in [2.24, 2.45) is 5.41 Å². The number of hydrogen-bond acceptors (Lipinski definition) is 3. The number of carbonyl (C=O) groups excluding carboxylic acids is 1. The first-order valence-electron chi connectivity index (χ1n) is 6.22. The highest BCUT2D eigenvalue weighted by Crippen LogP contribution is 2.23. The Morgan fingerprint density at radius 2 is 1.89 bits per heavy atom. The van der Waals surface area contributed by atoms with Crippen LogP contribution in [0.3, 0.4) is 0 Å². The Morgan fingerprint density at radius 3 is 2.42 bits per heavy atom. The van der Waals surface area contributed by atoms with Gasteiger partial charge in [0.25, 0.3) is 0 Å². The molecular formula is C15H21NO3. The summed E-state index contributed by atoms with van der Waals surface area (Å²) in [4.78, 5) is 25.7. The highest BCUT2D eigenvalue weighted by molar-refractivity contribution is 5.79. The lowest BCUT2D eigenvalue weighted by Gasteiger charge is -2.26. The summed E-state index contributed by atoms with van der Waals surface area (Å²) < 4.78 is 5.36. The first-order valence-corrected chi connectivity index (χ1v) is 6.22. The van der Waals surface area contributed by atoms with Crippen molar-refractivity contribution in [3.8, 4) is 0 Å². The van der Waals surface area contributed by atoms with Crippen molar-refractivity contribution in [2.75, 3.05) is 0 Å². The summed E-state index contributed by atoms with van der Waals surface area (Å²) in [5, 5.41) is 0. The van der Waals surface area contributed by atoms with Crippen molar-refractivity contribution < 1.29 is 9.53 Å². The zero-order valence-corrected chi connectivity index (χ0v) is 12.1. The molecule has 0 unspecified atom stereocenters. The molecule has 0 radical (unpaired) electrons. The lowest BCUT2D eigenvalue weighted by atomic mass is 9.92. The molecule has 0 atom stereocenters. The van der Waals surface area contributed by atoms with Gasteiger partial charge in [-0.2, -0.15) is 0 Å². The molecule has 0 aliphatic rings. The molecule has 0 aliphatic heterocycles. The van der Waals surface area contributed by atoms with E-state index in [-0.39, 0.29) is 11.5 Å². The molecule has 19 heavy (non-hydrogen) atoms. The molecule has 0 fully saturated rings. The van der Waals surface area contributed by atoms with Crippen LogP contribution in [-0.4, -0.2) is 16.6 Å². The van der Waals surface area contributed by atoms with Crippen LogP contribution in [0, 0.1) is 5.41 Å². The number of aromatic nitrogens is 1. The van der Waals surface area contributed by atoms with Crippen LogP contribution < -0.4 is 5.56 Å². The summed E-state index contributed by atoms with van der Waals surface area (Å²) >= 11 is 0. The van der Waals surface area contributed by atoms with Gasteiger partial charge in [0.2, 0.25) is 5.56 Å². The minimum atomic E-state index is -0.740. The fourth-order valence-corrected chi connectivity index (χ4v) is 1.35. The molecule has 1 heterocycles. The van der Waals surface area contributed by atoms with E-state index in [9.17, 15) is 9.59 Å². The number of aromatic amines is 1. The molecule has 0 aliphatic carbocycles. The molecule has 104 valence electrons. The monoisotopic (exact) mass is 263 g/mol. The van der Waals surface area contributed by atoms with E-state index in [0.717, 1.165) is 5.56 Å². The molecule has 1 rings (SSSR count). The third kappa shape index (κ3) is 5.12. The molecule has 4 heteroatoms. The third-order valence-electron chi connectivity index (χ3n) is 2.42. The van der Waals surface area contributed by atoms with Gasteiger partial charge in [-0.25, -0.2) is 0 Å². The molecule has 4 nitrogen and oxygen atoms in total. The normalized spacial score (nSPS) is 12.7. The predicted octanol–water partition coefficient (Wildman–Crippen LogP) is 2.76. The molecule has 0 saturated carbocycles. The molecule has 0 bridgehead atoms. The van der Waals surface area contributed by atoms with E-state index < -0.39 is 11.0 Å². The van der Waals surface area contributed by atoms with Crippen molar-refractivity contribution in [1.29, 1.82) is 0 Å². The number of nitrogens with one attached hydrogen (secondary N) is 1. The average Bonchev–Trinajstić information content (AvgIpc) is 2.24. The molecular weight excluding hydrogens is 242 g/mol. The van der Waals surface area contributed by atoms with Gasteiger partial charge >= 0.3 is 5.97 Å². The zero-order chi connectivity index (χ0) is 14.7. The van der Waals surface area contributed by atoms with Crippen LogP contribution >= 0.6 is 0 Å². The molecule has 1 aromatic heterocycles. The minimum absolute atomic E-state index is 0.169. The number of ether oxygens (including phenoxy) is 1. The van der Waals surface area contributed by atoms with Crippen molar-refractivity contribution in [2.45, 2.75) is 40.2 Å². The smallest absolute Gasteiger partial charge is 0.315 e. The summed E-state index contributed by atoms with van der Waals surface area (Å²) in [6.07, 6.45) is 5.07. The maximum atomic E-state index is 12.0. The highest BCUT2D eigenvalue weighted by atomic mass is 16.6. The maximum Gasteiger partial charge on any atom is 0.315 e. The second kappa shape index (κ2) is 5.43. The number of pyridine rings is 1. The first-order chi connectivity index (χ1) is 8.60. The summed E-state index contributed by atoms with van der Waals surface area (Å²) in [7, 11) is 0. The van der Waals surface area contributed by atoms with Gasteiger partial charge in [0.05, 0.1) is 5.41 Å². The lowest BCUT2D eigenvalue weighted by molar-refractivity contribution is -0.162. The Balaban J connectivity index is 2.84. The number of H-pyrrole nitrogens is 1. The van der Waals surface area contributed by atoms with Gasteiger partial charge in [-0.05, 0) is 46.2 Å². The summed E-state index contributed by atoms with van der Waals surface area (Å²) in [6, 6.07) is 3.24. The average molecular weight is 263 g/mol. The van der Waals surface area contributed by atoms with Crippen LogP contribution in [0.25, 0.3) is 6.08 Å². The van der Waals surface area contributed by atoms with Gasteiger partial charge in [-0.3, -0.25) is 9.59 Å². The van der Waals surface area contributed by atoms with Gasteiger partial charge in [0.1, 0.15) is 5.60 Å². The van der Waals surface area contributed by atoms with Crippen LogP contribution in [0.15, 0.2) is 29.2 Å². The van der Waals surface area contributed by atoms with Crippen molar-refractivity contribution in [3.05, 3.63) is 40.3 Å². The molecule has 1 aromatic rings. The van der Waals surface area contributed by atoms with Gasteiger partial charge < -0.3 is 9.72 Å². The summed E-state index contributed by atoms with van der Waals surface area (Å²) in [5.41, 5.74) is -0.667. The van der Waals surface area contributed by atoms with E-state index in [4.69, 9.17) is 4.74 Å².